The number of carbonyl (C=O) groups is 1. The van der Waals surface area contributed by atoms with Crippen molar-refractivity contribution in [2.45, 2.75) is 65.2 Å². The van der Waals surface area contributed by atoms with Crippen molar-refractivity contribution >= 4 is 11.7 Å². The van der Waals surface area contributed by atoms with Crippen LogP contribution in [-0.2, 0) is 4.79 Å². The largest absolute Gasteiger partial charge is 0.409 e. The van der Waals surface area contributed by atoms with Crippen LogP contribution in [0.15, 0.2) is 5.16 Å². The van der Waals surface area contributed by atoms with Gasteiger partial charge in [0, 0.05) is 6.54 Å². The number of nitrogens with two attached hydrogens (primary N) is 1. The van der Waals surface area contributed by atoms with E-state index in [1.165, 1.54) is 12.8 Å². The van der Waals surface area contributed by atoms with Crippen LogP contribution in [0.3, 0.4) is 0 Å². The molecule has 0 unspecified atom stereocenters. The zero-order valence-corrected chi connectivity index (χ0v) is 13.3. The average Bonchev–Trinajstić information content (AvgIpc) is 3.28. The summed E-state index contributed by atoms with van der Waals surface area (Å²) in [6.07, 6.45) is 7.88. The van der Waals surface area contributed by atoms with E-state index in [2.05, 4.69) is 24.3 Å². The molecule has 0 atom stereocenters. The molecule has 4 N–H and O–H groups in total. The smallest absolute Gasteiger partial charge is 0.233 e. The molecule has 5 nitrogen and oxygen atoms in total. The fourth-order valence-corrected chi connectivity index (χ4v) is 3.57. The number of hydrogen-bond donors (Lipinski definition) is 3. The zero-order valence-electron chi connectivity index (χ0n) is 13.3. The SMILES string of the molecule is CC(C)C1(CNC(=O)C2(C(N)=NO)CCCCCC2)CC1. The maximum atomic E-state index is 12.8. The van der Waals surface area contributed by atoms with Crippen LogP contribution in [0.2, 0.25) is 0 Å². The minimum Gasteiger partial charge on any atom is -0.409 e. The Bertz CT molecular complexity index is 406. The first-order valence-electron chi connectivity index (χ1n) is 8.23. The molecule has 21 heavy (non-hydrogen) atoms. The number of amidine groups is 1. The van der Waals surface area contributed by atoms with Gasteiger partial charge in [0.1, 0.15) is 5.41 Å². The highest BCUT2D eigenvalue weighted by Crippen LogP contribution is 2.51. The Morgan fingerprint density at radius 3 is 2.19 bits per heavy atom. The lowest BCUT2D eigenvalue weighted by atomic mass is 9.78. The molecule has 2 aliphatic rings. The molecule has 0 radical (unpaired) electrons. The van der Waals surface area contributed by atoms with Crippen molar-refractivity contribution in [3.05, 3.63) is 0 Å². The molecule has 2 fully saturated rings. The van der Waals surface area contributed by atoms with Crippen LogP contribution < -0.4 is 11.1 Å². The molecule has 0 aliphatic heterocycles. The Kier molecular flexibility index (Phi) is 4.79. The van der Waals surface area contributed by atoms with E-state index in [9.17, 15) is 4.79 Å². The molecule has 0 spiro atoms. The van der Waals surface area contributed by atoms with E-state index in [4.69, 9.17) is 10.9 Å². The van der Waals surface area contributed by atoms with Gasteiger partial charge in [-0.15, -0.1) is 0 Å². The first-order valence-corrected chi connectivity index (χ1v) is 8.23. The molecule has 120 valence electrons. The number of hydrogen-bond acceptors (Lipinski definition) is 3. The molecule has 0 heterocycles. The van der Waals surface area contributed by atoms with Gasteiger partial charge in [0.15, 0.2) is 5.84 Å². The van der Waals surface area contributed by atoms with Crippen molar-refractivity contribution in [1.82, 2.24) is 5.32 Å². The van der Waals surface area contributed by atoms with E-state index in [0.717, 1.165) is 25.7 Å². The van der Waals surface area contributed by atoms with Gasteiger partial charge in [0.25, 0.3) is 0 Å². The summed E-state index contributed by atoms with van der Waals surface area (Å²) in [5.74, 6) is 0.606. The standard InChI is InChI=1S/C16H29N3O2/c1-12(2)15(9-10-15)11-18-14(20)16(13(17)19-21)7-5-3-4-6-8-16/h12,21H,3-11H2,1-2H3,(H2,17,19)(H,18,20). The summed E-state index contributed by atoms with van der Waals surface area (Å²) in [7, 11) is 0. The molecule has 2 rings (SSSR count). The molecule has 5 heteroatoms. The fraction of sp³-hybridized carbons (Fsp3) is 0.875. The quantitative estimate of drug-likeness (QED) is 0.239. The van der Waals surface area contributed by atoms with Gasteiger partial charge in [0.2, 0.25) is 5.91 Å². The minimum atomic E-state index is -0.807. The van der Waals surface area contributed by atoms with Gasteiger partial charge in [0.05, 0.1) is 0 Å². The number of oxime groups is 1. The molecule has 0 saturated heterocycles. The van der Waals surface area contributed by atoms with Gasteiger partial charge in [-0.25, -0.2) is 0 Å². The van der Waals surface area contributed by atoms with E-state index >= 15 is 0 Å². The minimum absolute atomic E-state index is 0.0494. The van der Waals surface area contributed by atoms with Crippen molar-refractivity contribution in [3.8, 4) is 0 Å². The number of rotatable bonds is 5. The second-order valence-electron chi connectivity index (χ2n) is 7.18. The van der Waals surface area contributed by atoms with Crippen molar-refractivity contribution in [1.29, 1.82) is 0 Å². The summed E-state index contributed by atoms with van der Waals surface area (Å²) in [6, 6.07) is 0. The Morgan fingerprint density at radius 1 is 1.19 bits per heavy atom. The Morgan fingerprint density at radius 2 is 1.76 bits per heavy atom. The summed E-state index contributed by atoms with van der Waals surface area (Å²) < 4.78 is 0. The zero-order chi connectivity index (χ0) is 15.5. The van der Waals surface area contributed by atoms with Crippen LogP contribution in [0.4, 0.5) is 0 Å². The summed E-state index contributed by atoms with van der Waals surface area (Å²) in [5, 5.41) is 15.4. The summed E-state index contributed by atoms with van der Waals surface area (Å²) in [4.78, 5) is 12.8. The molecule has 2 aliphatic carbocycles. The number of amides is 1. The van der Waals surface area contributed by atoms with Crippen LogP contribution in [0.5, 0.6) is 0 Å². The monoisotopic (exact) mass is 295 g/mol. The lowest BCUT2D eigenvalue weighted by Crippen LogP contribution is -2.51. The molecule has 0 bridgehead atoms. The van der Waals surface area contributed by atoms with Crippen molar-refractivity contribution in [3.63, 3.8) is 0 Å². The summed E-state index contributed by atoms with van der Waals surface area (Å²) in [6.45, 7) is 5.14. The Balaban J connectivity index is 2.08. The third-order valence-corrected chi connectivity index (χ3v) is 5.71. The normalized spacial score (nSPS) is 24.4. The molecule has 0 aromatic rings. The highest BCUT2D eigenvalue weighted by molar-refractivity contribution is 6.06. The van der Waals surface area contributed by atoms with E-state index < -0.39 is 5.41 Å². The lowest BCUT2D eigenvalue weighted by molar-refractivity contribution is -0.128. The van der Waals surface area contributed by atoms with Crippen molar-refractivity contribution in [2.24, 2.45) is 27.6 Å². The highest BCUT2D eigenvalue weighted by atomic mass is 16.4. The van der Waals surface area contributed by atoms with Gasteiger partial charge >= 0.3 is 0 Å². The average molecular weight is 295 g/mol. The van der Waals surface area contributed by atoms with Crippen molar-refractivity contribution in [2.75, 3.05) is 6.54 Å². The second kappa shape index (κ2) is 6.24. The number of carbonyl (C=O) groups excluding carboxylic acids is 1. The number of nitrogens with one attached hydrogen (secondary N) is 1. The molecule has 0 aromatic heterocycles. The van der Waals surface area contributed by atoms with Gasteiger partial charge in [-0.3, -0.25) is 4.79 Å². The Hall–Kier alpha value is -1.26. The summed E-state index contributed by atoms with van der Waals surface area (Å²) in [5.41, 5.74) is 5.37. The van der Waals surface area contributed by atoms with Gasteiger partial charge in [-0.05, 0) is 37.0 Å². The van der Waals surface area contributed by atoms with E-state index in [-0.39, 0.29) is 17.2 Å². The summed E-state index contributed by atoms with van der Waals surface area (Å²) >= 11 is 0. The van der Waals surface area contributed by atoms with Crippen LogP contribution >= 0.6 is 0 Å². The van der Waals surface area contributed by atoms with Gasteiger partial charge < -0.3 is 16.3 Å². The first kappa shape index (κ1) is 16.1. The maximum absolute atomic E-state index is 12.8. The third-order valence-electron chi connectivity index (χ3n) is 5.71. The third kappa shape index (κ3) is 3.16. The Labute approximate surface area is 127 Å². The van der Waals surface area contributed by atoms with Gasteiger partial charge in [-0.2, -0.15) is 0 Å². The topological polar surface area (TPSA) is 87.7 Å². The van der Waals surface area contributed by atoms with Crippen molar-refractivity contribution < 1.29 is 10.0 Å². The maximum Gasteiger partial charge on any atom is 0.233 e. The fourth-order valence-electron chi connectivity index (χ4n) is 3.57. The number of nitrogens with zero attached hydrogens (tertiary/aromatic N) is 1. The predicted octanol–water partition coefficient (Wildman–Crippen LogP) is 2.63. The molecular formula is C16H29N3O2. The second-order valence-corrected chi connectivity index (χ2v) is 7.18. The molecule has 2 saturated carbocycles. The van der Waals surface area contributed by atoms with Crippen LogP contribution in [0.25, 0.3) is 0 Å². The van der Waals surface area contributed by atoms with E-state index in [0.29, 0.717) is 25.3 Å². The first-order chi connectivity index (χ1) is 9.97. The van der Waals surface area contributed by atoms with E-state index in [1.54, 1.807) is 0 Å². The van der Waals surface area contributed by atoms with Gasteiger partial charge in [-0.1, -0.05) is 44.7 Å². The molecule has 1 amide bonds. The van der Waals surface area contributed by atoms with Crippen LogP contribution in [-0.4, -0.2) is 23.5 Å². The molecular weight excluding hydrogens is 266 g/mol. The lowest BCUT2D eigenvalue weighted by Gasteiger charge is -2.31. The van der Waals surface area contributed by atoms with Crippen LogP contribution in [0, 0.1) is 16.7 Å². The highest BCUT2D eigenvalue weighted by Gasteiger charge is 2.48. The molecule has 0 aromatic carbocycles. The van der Waals surface area contributed by atoms with Crippen LogP contribution in [0.1, 0.15) is 65.2 Å². The van der Waals surface area contributed by atoms with E-state index in [1.807, 2.05) is 0 Å². The predicted molar refractivity (Wildman–Crippen MR) is 83.1 cm³/mol.